The quantitative estimate of drug-likeness (QED) is 0.171. The van der Waals surface area contributed by atoms with Crippen LogP contribution in [0, 0.1) is 0 Å². The van der Waals surface area contributed by atoms with E-state index in [0.717, 1.165) is 127 Å². The third-order valence-corrected chi connectivity index (χ3v) is 12.5. The summed E-state index contributed by atoms with van der Waals surface area (Å²) in [5.74, 6) is 1.65. The molecule has 0 saturated heterocycles. The first kappa shape index (κ1) is 34.9. The van der Waals surface area contributed by atoms with Crippen molar-refractivity contribution in [3.8, 4) is 56.4 Å². The molecule has 0 N–H and O–H groups in total. The zero-order valence-electron chi connectivity index (χ0n) is 33.9. The van der Waals surface area contributed by atoms with Crippen LogP contribution in [0.3, 0.4) is 0 Å². The number of fused-ring (bicyclic) bond motifs is 12. The van der Waals surface area contributed by atoms with Crippen LogP contribution in [-0.4, -0.2) is 15.0 Å². The molecule has 5 aromatic heterocycles. The van der Waals surface area contributed by atoms with Crippen LogP contribution in [-0.2, 0) is 0 Å². The maximum absolute atomic E-state index is 6.66. The molecule has 14 rings (SSSR count). The Bertz CT molecular complexity index is 4090. The summed E-state index contributed by atoms with van der Waals surface area (Å²) in [4.78, 5) is 15.7. The number of benzene rings is 9. The summed E-state index contributed by atoms with van der Waals surface area (Å²) in [6.45, 7) is 0. The molecular weight excluding hydrogens is 791 g/mol. The standard InChI is InChI=1S/C57H31N3O4/c1-4-23-45-37(16-1)43-30-44-38-20-9-19-36(54(38)64-51(44)31-50(43)63-45)34-14-7-12-32(28-34)33-13-8-15-35(29-33)55-58-56(41-21-10-26-48-52(41)39-17-2-5-24-46(39)61-48)60-57(59-55)42-22-11-27-49-53(42)40-18-3-6-25-47(40)62-49/h1-31H. The fourth-order valence-corrected chi connectivity index (χ4v) is 9.62. The topological polar surface area (TPSA) is 91.2 Å². The van der Waals surface area contributed by atoms with Gasteiger partial charge in [-0.1, -0.05) is 133 Å². The van der Waals surface area contributed by atoms with Crippen molar-refractivity contribution in [3.63, 3.8) is 0 Å². The lowest BCUT2D eigenvalue weighted by atomic mass is 9.96. The van der Waals surface area contributed by atoms with E-state index in [1.165, 1.54) is 0 Å². The summed E-state index contributed by atoms with van der Waals surface area (Å²) in [5.41, 5.74) is 13.2. The zero-order chi connectivity index (χ0) is 41.9. The maximum atomic E-state index is 6.66. The molecule has 5 heterocycles. The number of para-hydroxylation sites is 4. The molecule has 0 amide bonds. The molecule has 0 aliphatic rings. The third-order valence-electron chi connectivity index (χ3n) is 12.5. The number of rotatable bonds is 5. The average Bonchev–Trinajstić information content (AvgIpc) is 4.13. The smallest absolute Gasteiger partial charge is 0.164 e. The normalized spacial score (nSPS) is 12.1. The minimum Gasteiger partial charge on any atom is -0.456 e. The molecule has 0 saturated carbocycles. The fourth-order valence-electron chi connectivity index (χ4n) is 9.62. The molecule has 0 fully saturated rings. The third kappa shape index (κ3) is 5.25. The minimum absolute atomic E-state index is 0.550. The second kappa shape index (κ2) is 13.3. The minimum atomic E-state index is 0.550. The fraction of sp³-hybridized carbons (Fsp3) is 0. The molecule has 0 aliphatic carbocycles. The highest BCUT2D eigenvalue weighted by molar-refractivity contribution is 6.17. The van der Waals surface area contributed by atoms with Crippen molar-refractivity contribution in [2.24, 2.45) is 0 Å². The summed E-state index contributed by atoms with van der Waals surface area (Å²) in [7, 11) is 0. The van der Waals surface area contributed by atoms with E-state index in [0.29, 0.717) is 17.5 Å². The van der Waals surface area contributed by atoms with E-state index >= 15 is 0 Å². The van der Waals surface area contributed by atoms with Crippen LogP contribution in [0.15, 0.2) is 206 Å². The summed E-state index contributed by atoms with van der Waals surface area (Å²) in [6, 6.07) is 64.0. The van der Waals surface area contributed by atoms with Crippen LogP contribution >= 0.6 is 0 Å². The Labute approximate surface area is 363 Å². The Balaban J connectivity index is 0.920. The number of nitrogens with zero attached hydrogens (tertiary/aromatic N) is 3. The molecule has 0 aliphatic heterocycles. The van der Waals surface area contributed by atoms with E-state index in [4.69, 9.17) is 32.6 Å². The van der Waals surface area contributed by atoms with Gasteiger partial charge in [-0.3, -0.25) is 0 Å². The van der Waals surface area contributed by atoms with Crippen LogP contribution in [0.2, 0.25) is 0 Å². The highest BCUT2D eigenvalue weighted by atomic mass is 16.3. The van der Waals surface area contributed by atoms with Gasteiger partial charge in [0.25, 0.3) is 0 Å². The van der Waals surface area contributed by atoms with Gasteiger partial charge in [0.05, 0.1) is 0 Å². The average molecular weight is 822 g/mol. The van der Waals surface area contributed by atoms with E-state index in [9.17, 15) is 0 Å². The van der Waals surface area contributed by atoms with Crippen molar-refractivity contribution < 1.29 is 17.7 Å². The molecule has 14 aromatic rings. The van der Waals surface area contributed by atoms with Crippen LogP contribution in [0.4, 0.5) is 0 Å². The Hall–Kier alpha value is -8.81. The van der Waals surface area contributed by atoms with Gasteiger partial charge in [-0.2, -0.15) is 0 Å². The highest BCUT2D eigenvalue weighted by Crippen LogP contribution is 2.42. The molecule has 7 nitrogen and oxygen atoms in total. The van der Waals surface area contributed by atoms with Crippen LogP contribution in [0.25, 0.3) is 144 Å². The van der Waals surface area contributed by atoms with Gasteiger partial charge in [0, 0.05) is 71.4 Å². The van der Waals surface area contributed by atoms with Gasteiger partial charge >= 0.3 is 0 Å². The van der Waals surface area contributed by atoms with Crippen molar-refractivity contribution in [3.05, 3.63) is 188 Å². The molecular formula is C57H31N3O4. The molecule has 64 heavy (non-hydrogen) atoms. The summed E-state index contributed by atoms with van der Waals surface area (Å²) in [6.07, 6.45) is 0. The summed E-state index contributed by atoms with van der Waals surface area (Å²) >= 11 is 0. The van der Waals surface area contributed by atoms with Gasteiger partial charge in [-0.05, 0) is 65.2 Å². The lowest BCUT2D eigenvalue weighted by Gasteiger charge is -2.11. The molecule has 0 bridgehead atoms. The summed E-state index contributed by atoms with van der Waals surface area (Å²) < 4.78 is 25.5. The van der Waals surface area contributed by atoms with Gasteiger partial charge in [0.1, 0.15) is 44.7 Å². The first-order valence-corrected chi connectivity index (χ1v) is 21.2. The maximum Gasteiger partial charge on any atom is 0.164 e. The number of hydrogen-bond acceptors (Lipinski definition) is 7. The van der Waals surface area contributed by atoms with E-state index in [-0.39, 0.29) is 0 Å². The van der Waals surface area contributed by atoms with Gasteiger partial charge in [-0.25, -0.2) is 15.0 Å². The molecule has 0 unspecified atom stereocenters. The predicted octanol–water partition coefficient (Wildman–Crippen LogP) is 15.8. The van der Waals surface area contributed by atoms with Crippen molar-refractivity contribution in [1.82, 2.24) is 15.0 Å². The molecule has 0 spiro atoms. The largest absolute Gasteiger partial charge is 0.456 e. The zero-order valence-corrected chi connectivity index (χ0v) is 33.9. The van der Waals surface area contributed by atoms with E-state index in [1.807, 2.05) is 84.9 Å². The Morgan fingerprint density at radius 2 is 0.688 bits per heavy atom. The Morgan fingerprint density at radius 3 is 1.36 bits per heavy atom. The molecule has 298 valence electrons. The van der Waals surface area contributed by atoms with Crippen molar-refractivity contribution in [2.45, 2.75) is 0 Å². The number of aromatic nitrogens is 3. The van der Waals surface area contributed by atoms with Crippen LogP contribution in [0.1, 0.15) is 0 Å². The molecule has 0 radical (unpaired) electrons. The number of hydrogen-bond donors (Lipinski definition) is 0. The second-order valence-corrected chi connectivity index (χ2v) is 16.2. The van der Waals surface area contributed by atoms with Crippen LogP contribution < -0.4 is 0 Å². The summed E-state index contributed by atoms with van der Waals surface area (Å²) in [5, 5.41) is 8.22. The monoisotopic (exact) mass is 821 g/mol. The lowest BCUT2D eigenvalue weighted by molar-refractivity contribution is 0.656. The Kier molecular flexibility index (Phi) is 7.27. The van der Waals surface area contributed by atoms with Crippen molar-refractivity contribution >= 4 is 87.8 Å². The highest BCUT2D eigenvalue weighted by Gasteiger charge is 2.21. The lowest BCUT2D eigenvalue weighted by Crippen LogP contribution is -2.01. The van der Waals surface area contributed by atoms with E-state index in [1.54, 1.807) is 0 Å². The van der Waals surface area contributed by atoms with Crippen molar-refractivity contribution in [1.29, 1.82) is 0 Å². The van der Waals surface area contributed by atoms with E-state index in [2.05, 4.69) is 103 Å². The first-order valence-electron chi connectivity index (χ1n) is 21.2. The van der Waals surface area contributed by atoms with Gasteiger partial charge in [0.15, 0.2) is 17.5 Å². The SMILES string of the molecule is c1cc(-c2cccc(-c3cccc4c3oc3cc5oc6ccccc6c5cc34)c2)cc(-c2nc(-c3cccc4oc5ccccc5c34)nc(-c3cccc4oc5ccccc5c34)n2)c1. The Morgan fingerprint density at radius 1 is 0.250 bits per heavy atom. The molecule has 7 heteroatoms. The van der Waals surface area contributed by atoms with Gasteiger partial charge in [-0.15, -0.1) is 0 Å². The van der Waals surface area contributed by atoms with Gasteiger partial charge in [0.2, 0.25) is 0 Å². The van der Waals surface area contributed by atoms with Gasteiger partial charge < -0.3 is 17.7 Å². The first-order chi connectivity index (χ1) is 31.7. The number of furan rings is 4. The molecule has 9 aromatic carbocycles. The second-order valence-electron chi connectivity index (χ2n) is 16.2. The van der Waals surface area contributed by atoms with E-state index < -0.39 is 0 Å². The predicted molar refractivity (Wildman–Crippen MR) is 256 cm³/mol. The van der Waals surface area contributed by atoms with Crippen LogP contribution in [0.5, 0.6) is 0 Å². The molecule has 0 atom stereocenters. The van der Waals surface area contributed by atoms with Crippen molar-refractivity contribution in [2.75, 3.05) is 0 Å².